The fraction of sp³-hybridized carbons (Fsp3) is 0.886. The first kappa shape index (κ1) is 37.6. The molecule has 3 saturated carbocycles. The Morgan fingerprint density at radius 3 is 1.72 bits per heavy atom. The largest absolute Gasteiger partial charge is 0.445 e. The summed E-state index contributed by atoms with van der Waals surface area (Å²) in [6, 6.07) is 0. The van der Waals surface area contributed by atoms with Crippen molar-refractivity contribution in [3.63, 3.8) is 0 Å². The molecule has 0 amide bonds. The van der Waals surface area contributed by atoms with Crippen LogP contribution in [-0.4, -0.2) is 11.6 Å². The molecule has 7 atom stereocenters. The van der Waals surface area contributed by atoms with E-state index in [4.69, 9.17) is 11.2 Å². The summed E-state index contributed by atoms with van der Waals surface area (Å²) in [6.45, 7) is 4.69. The minimum absolute atomic E-state index is 0.0409. The van der Waals surface area contributed by atoms with Gasteiger partial charge in [-0.15, -0.1) is 6.42 Å². The van der Waals surface area contributed by atoms with Crippen LogP contribution in [0.15, 0.2) is 12.2 Å². The molecular formula is C44H74O2. The number of rotatable bonds is 23. The van der Waals surface area contributed by atoms with Crippen LogP contribution in [-0.2, 0) is 9.53 Å². The SMILES string of the molecule is C#C[C@]1(OC(=O)CCCCCCCCCCCCCCCCCCCCCCC)CC[C@H]2[C@@H]3CCC4CC=CC[C@@H]4[C@H]3CC[C@@]21C. The van der Waals surface area contributed by atoms with Crippen LogP contribution in [0.3, 0.4) is 0 Å². The number of allylic oxidation sites excluding steroid dienone is 2. The van der Waals surface area contributed by atoms with Crippen LogP contribution >= 0.6 is 0 Å². The van der Waals surface area contributed by atoms with Crippen molar-refractivity contribution in [3.05, 3.63) is 12.2 Å². The molecule has 0 N–H and O–H groups in total. The Labute approximate surface area is 286 Å². The van der Waals surface area contributed by atoms with Crippen LogP contribution in [0.25, 0.3) is 0 Å². The molecule has 0 saturated heterocycles. The molecular weight excluding hydrogens is 560 g/mol. The van der Waals surface area contributed by atoms with Gasteiger partial charge in [0.15, 0.2) is 5.60 Å². The molecule has 2 heteroatoms. The van der Waals surface area contributed by atoms with Crippen LogP contribution in [0.5, 0.6) is 0 Å². The third kappa shape index (κ3) is 10.4. The van der Waals surface area contributed by atoms with Crippen molar-refractivity contribution in [2.75, 3.05) is 0 Å². The predicted octanol–water partition coefficient (Wildman–Crippen LogP) is 13.3. The minimum atomic E-state index is -0.684. The van der Waals surface area contributed by atoms with E-state index in [1.165, 1.54) is 154 Å². The fourth-order valence-corrected chi connectivity index (χ4v) is 10.8. The van der Waals surface area contributed by atoms with E-state index in [9.17, 15) is 4.79 Å². The Hall–Kier alpha value is -1.23. The molecule has 0 radical (unpaired) electrons. The number of carbonyl (C=O) groups is 1. The highest BCUT2D eigenvalue weighted by Crippen LogP contribution is 2.65. The number of fused-ring (bicyclic) bond motifs is 5. The Morgan fingerprint density at radius 1 is 0.652 bits per heavy atom. The first-order chi connectivity index (χ1) is 22.5. The molecule has 2 nitrogen and oxygen atoms in total. The highest BCUT2D eigenvalue weighted by molar-refractivity contribution is 5.70. The van der Waals surface area contributed by atoms with Crippen LogP contribution in [0.1, 0.15) is 206 Å². The molecule has 4 aliphatic rings. The van der Waals surface area contributed by atoms with Crippen molar-refractivity contribution in [2.24, 2.45) is 35.0 Å². The molecule has 0 heterocycles. The molecule has 46 heavy (non-hydrogen) atoms. The molecule has 1 unspecified atom stereocenters. The Balaban J connectivity index is 0.984. The zero-order valence-electron chi connectivity index (χ0n) is 30.6. The highest BCUT2D eigenvalue weighted by atomic mass is 16.6. The van der Waals surface area contributed by atoms with E-state index in [0.717, 1.165) is 55.8 Å². The van der Waals surface area contributed by atoms with Crippen molar-refractivity contribution in [2.45, 2.75) is 212 Å². The van der Waals surface area contributed by atoms with Gasteiger partial charge >= 0.3 is 5.97 Å². The second kappa shape index (κ2) is 20.3. The topological polar surface area (TPSA) is 26.3 Å². The summed E-state index contributed by atoms with van der Waals surface area (Å²) in [7, 11) is 0. The maximum atomic E-state index is 13.1. The number of ether oxygens (including phenoxy) is 1. The van der Waals surface area contributed by atoms with Gasteiger partial charge < -0.3 is 4.74 Å². The average Bonchev–Trinajstić information content (AvgIpc) is 3.37. The van der Waals surface area contributed by atoms with Gasteiger partial charge in [0.05, 0.1) is 0 Å². The smallest absolute Gasteiger partial charge is 0.307 e. The Morgan fingerprint density at radius 2 is 1.17 bits per heavy atom. The van der Waals surface area contributed by atoms with Crippen LogP contribution in [0.4, 0.5) is 0 Å². The van der Waals surface area contributed by atoms with E-state index in [1.807, 2.05) is 0 Å². The predicted molar refractivity (Wildman–Crippen MR) is 197 cm³/mol. The molecule has 0 aromatic rings. The van der Waals surface area contributed by atoms with Crippen molar-refractivity contribution in [1.82, 2.24) is 0 Å². The molecule has 0 aromatic carbocycles. The van der Waals surface area contributed by atoms with Crippen molar-refractivity contribution in [3.8, 4) is 12.3 Å². The van der Waals surface area contributed by atoms with Gasteiger partial charge in [0, 0.05) is 11.8 Å². The van der Waals surface area contributed by atoms with E-state index in [2.05, 4.69) is 31.9 Å². The van der Waals surface area contributed by atoms with Gasteiger partial charge in [0.2, 0.25) is 0 Å². The van der Waals surface area contributed by atoms with Crippen molar-refractivity contribution in [1.29, 1.82) is 0 Å². The maximum absolute atomic E-state index is 13.1. The zero-order valence-corrected chi connectivity index (χ0v) is 30.6. The molecule has 262 valence electrons. The third-order valence-electron chi connectivity index (χ3n) is 13.7. The molecule has 4 aliphatic carbocycles. The summed E-state index contributed by atoms with van der Waals surface area (Å²) >= 11 is 0. The quantitative estimate of drug-likeness (QED) is 0.0484. The van der Waals surface area contributed by atoms with Crippen LogP contribution in [0.2, 0.25) is 0 Å². The Bertz CT molecular complexity index is 929. The van der Waals surface area contributed by atoms with Crippen LogP contribution in [0, 0.1) is 47.3 Å². The first-order valence-corrected chi connectivity index (χ1v) is 20.9. The molecule has 0 aliphatic heterocycles. The van der Waals surface area contributed by atoms with E-state index in [0.29, 0.717) is 12.3 Å². The molecule has 4 rings (SSSR count). The second-order valence-corrected chi connectivity index (χ2v) is 16.6. The zero-order chi connectivity index (χ0) is 32.5. The fourth-order valence-electron chi connectivity index (χ4n) is 10.8. The van der Waals surface area contributed by atoms with Crippen molar-refractivity contribution < 1.29 is 9.53 Å². The lowest BCUT2D eigenvalue weighted by Crippen LogP contribution is -2.54. The summed E-state index contributed by atoms with van der Waals surface area (Å²) in [5.41, 5.74) is -0.737. The Kier molecular flexibility index (Phi) is 16.6. The van der Waals surface area contributed by atoms with Gasteiger partial charge in [-0.25, -0.2) is 0 Å². The highest BCUT2D eigenvalue weighted by Gasteiger charge is 2.64. The lowest BCUT2D eigenvalue weighted by atomic mass is 9.49. The molecule has 0 bridgehead atoms. The van der Waals surface area contributed by atoms with E-state index >= 15 is 0 Å². The van der Waals surface area contributed by atoms with E-state index in [1.54, 1.807) is 0 Å². The lowest BCUT2D eigenvalue weighted by molar-refractivity contribution is -0.171. The van der Waals surface area contributed by atoms with Crippen molar-refractivity contribution >= 4 is 5.97 Å². The molecule has 0 aromatic heterocycles. The number of carbonyl (C=O) groups excluding carboxylic acids is 1. The monoisotopic (exact) mass is 635 g/mol. The molecule has 3 fully saturated rings. The minimum Gasteiger partial charge on any atom is -0.445 e. The number of unbranched alkanes of at least 4 members (excludes halogenated alkanes) is 20. The number of hydrogen-bond donors (Lipinski definition) is 0. The third-order valence-corrected chi connectivity index (χ3v) is 13.7. The summed E-state index contributed by atoms with van der Waals surface area (Å²) < 4.78 is 6.36. The van der Waals surface area contributed by atoms with Gasteiger partial charge in [0.1, 0.15) is 0 Å². The first-order valence-electron chi connectivity index (χ1n) is 20.9. The maximum Gasteiger partial charge on any atom is 0.307 e. The standard InChI is InChI=1S/C44H74O2/c1-4-6-7-8-9-10-11-12-13-14-15-16-17-18-19-20-21-22-23-24-25-30-42(45)46-44(5-2)36-34-41-40-32-31-37-28-26-27-29-38(37)39(40)33-35-43(41,44)3/h2,26-27,37-41H,4,6-25,28-36H2,1,3H3/t37?,38-,39+,40+,41-,43-,44-/m0/s1. The number of esters is 1. The summed E-state index contributed by atoms with van der Waals surface area (Å²) in [5.74, 6) is 7.09. The number of hydrogen-bond acceptors (Lipinski definition) is 2. The van der Waals surface area contributed by atoms with E-state index < -0.39 is 5.60 Å². The second-order valence-electron chi connectivity index (χ2n) is 16.6. The van der Waals surface area contributed by atoms with Gasteiger partial charge in [0.25, 0.3) is 0 Å². The van der Waals surface area contributed by atoms with Gasteiger partial charge in [-0.3, -0.25) is 4.79 Å². The average molecular weight is 635 g/mol. The van der Waals surface area contributed by atoms with Crippen LogP contribution < -0.4 is 0 Å². The normalized spacial score (nSPS) is 31.5. The van der Waals surface area contributed by atoms with E-state index in [-0.39, 0.29) is 11.4 Å². The van der Waals surface area contributed by atoms with Gasteiger partial charge in [-0.05, 0) is 87.4 Å². The van der Waals surface area contributed by atoms with Gasteiger partial charge in [-0.2, -0.15) is 0 Å². The number of terminal acetylenes is 1. The summed E-state index contributed by atoms with van der Waals surface area (Å²) in [4.78, 5) is 13.1. The molecule has 0 spiro atoms. The van der Waals surface area contributed by atoms with Gasteiger partial charge in [-0.1, -0.05) is 160 Å². The summed E-state index contributed by atoms with van der Waals surface area (Å²) in [6.07, 6.45) is 50.3. The lowest BCUT2D eigenvalue weighted by Gasteiger charge is -2.56. The summed E-state index contributed by atoms with van der Waals surface area (Å²) in [5, 5.41) is 0.